The second-order valence-electron chi connectivity index (χ2n) is 2.62. The fourth-order valence-corrected chi connectivity index (χ4v) is 0.925. The van der Waals surface area contributed by atoms with Crippen molar-refractivity contribution >= 4 is 11.6 Å². The Bertz CT molecular complexity index is 337. The highest BCUT2D eigenvalue weighted by atomic mass is 16.6. The van der Waals surface area contributed by atoms with Gasteiger partial charge in [-0.3, -0.25) is 9.63 Å². The summed E-state index contributed by atoms with van der Waals surface area (Å²) >= 11 is 0. The molecule has 0 aliphatic rings. The molecule has 0 spiro atoms. The molecular weight excluding hydrogens is 180 g/mol. The lowest BCUT2D eigenvalue weighted by molar-refractivity contribution is 0.0422. The topological polar surface area (TPSA) is 64.3 Å². The number of amides is 1. The lowest BCUT2D eigenvalue weighted by atomic mass is 10.2. The van der Waals surface area contributed by atoms with Crippen LogP contribution in [0.3, 0.4) is 0 Å². The molecular formula is C10H12N2O2. The minimum atomic E-state index is -0.357. The van der Waals surface area contributed by atoms with Crippen molar-refractivity contribution in [2.75, 3.05) is 12.3 Å². The van der Waals surface area contributed by atoms with Gasteiger partial charge in [0.1, 0.15) is 0 Å². The van der Waals surface area contributed by atoms with Crippen molar-refractivity contribution < 1.29 is 9.63 Å². The van der Waals surface area contributed by atoms with Gasteiger partial charge in [0.15, 0.2) is 0 Å². The molecule has 4 heteroatoms. The van der Waals surface area contributed by atoms with Gasteiger partial charge < -0.3 is 5.73 Å². The number of rotatable bonds is 4. The summed E-state index contributed by atoms with van der Waals surface area (Å²) in [4.78, 5) is 16.2. The van der Waals surface area contributed by atoms with Gasteiger partial charge in [0.25, 0.3) is 5.91 Å². The fourth-order valence-electron chi connectivity index (χ4n) is 0.925. The van der Waals surface area contributed by atoms with Crippen molar-refractivity contribution in [3.8, 4) is 0 Å². The maximum atomic E-state index is 11.4. The van der Waals surface area contributed by atoms with E-state index in [1.165, 1.54) is 6.08 Å². The zero-order valence-corrected chi connectivity index (χ0v) is 7.69. The number of para-hydroxylation sites is 1. The molecule has 74 valence electrons. The average Bonchev–Trinajstić information content (AvgIpc) is 2.18. The molecule has 0 aromatic heterocycles. The average molecular weight is 192 g/mol. The Morgan fingerprint density at radius 1 is 1.57 bits per heavy atom. The van der Waals surface area contributed by atoms with Crippen LogP contribution in [-0.2, 0) is 4.84 Å². The Labute approximate surface area is 82.3 Å². The number of hydrogen-bond donors (Lipinski definition) is 2. The number of nitrogens with one attached hydrogen (secondary N) is 1. The van der Waals surface area contributed by atoms with Crippen LogP contribution in [0.4, 0.5) is 5.69 Å². The van der Waals surface area contributed by atoms with Gasteiger partial charge in [-0.05, 0) is 12.1 Å². The Morgan fingerprint density at radius 3 is 2.93 bits per heavy atom. The van der Waals surface area contributed by atoms with Crippen LogP contribution in [0, 0.1) is 0 Å². The minimum Gasteiger partial charge on any atom is -0.398 e. The molecule has 0 saturated carbocycles. The van der Waals surface area contributed by atoms with E-state index in [1.807, 2.05) is 0 Å². The number of hydroxylamine groups is 1. The van der Waals surface area contributed by atoms with Crippen LogP contribution in [0.5, 0.6) is 0 Å². The third-order valence-corrected chi connectivity index (χ3v) is 1.57. The third-order valence-electron chi connectivity index (χ3n) is 1.57. The van der Waals surface area contributed by atoms with Crippen LogP contribution in [0.2, 0.25) is 0 Å². The summed E-state index contributed by atoms with van der Waals surface area (Å²) in [6.07, 6.45) is 1.54. The summed E-state index contributed by atoms with van der Waals surface area (Å²) < 4.78 is 0. The van der Waals surface area contributed by atoms with E-state index in [9.17, 15) is 4.79 Å². The number of carbonyl (C=O) groups is 1. The van der Waals surface area contributed by atoms with Crippen molar-refractivity contribution in [1.82, 2.24) is 5.48 Å². The van der Waals surface area contributed by atoms with Crippen molar-refractivity contribution in [3.63, 3.8) is 0 Å². The van der Waals surface area contributed by atoms with Crippen LogP contribution in [0.1, 0.15) is 10.4 Å². The summed E-state index contributed by atoms with van der Waals surface area (Å²) in [5, 5.41) is 0. The molecule has 0 fully saturated rings. The smallest absolute Gasteiger partial charge is 0.276 e. The lowest BCUT2D eigenvalue weighted by Gasteiger charge is -2.05. The Morgan fingerprint density at radius 2 is 2.29 bits per heavy atom. The predicted octanol–water partition coefficient (Wildman–Crippen LogP) is 1.12. The van der Waals surface area contributed by atoms with E-state index in [0.29, 0.717) is 11.3 Å². The molecule has 1 aromatic rings. The lowest BCUT2D eigenvalue weighted by Crippen LogP contribution is -2.24. The Kier molecular flexibility index (Phi) is 3.69. The molecule has 1 amide bonds. The second-order valence-corrected chi connectivity index (χ2v) is 2.62. The van der Waals surface area contributed by atoms with Gasteiger partial charge in [0.05, 0.1) is 12.2 Å². The molecule has 14 heavy (non-hydrogen) atoms. The van der Waals surface area contributed by atoms with Crippen LogP contribution in [0.25, 0.3) is 0 Å². The van der Waals surface area contributed by atoms with Gasteiger partial charge in [0.2, 0.25) is 0 Å². The molecule has 0 bridgehead atoms. The van der Waals surface area contributed by atoms with E-state index in [1.54, 1.807) is 24.3 Å². The van der Waals surface area contributed by atoms with Crippen molar-refractivity contribution in [2.45, 2.75) is 0 Å². The van der Waals surface area contributed by atoms with Crippen LogP contribution in [0.15, 0.2) is 36.9 Å². The molecule has 0 atom stereocenters. The SMILES string of the molecule is C=CCONC(=O)c1ccccc1N. The summed E-state index contributed by atoms with van der Waals surface area (Å²) in [6.45, 7) is 3.71. The van der Waals surface area contributed by atoms with Gasteiger partial charge in [-0.2, -0.15) is 0 Å². The third kappa shape index (κ3) is 2.60. The summed E-state index contributed by atoms with van der Waals surface area (Å²) in [5.41, 5.74) is 8.66. The second kappa shape index (κ2) is 5.04. The Hall–Kier alpha value is -1.81. The maximum absolute atomic E-state index is 11.4. The zero-order valence-electron chi connectivity index (χ0n) is 7.69. The van der Waals surface area contributed by atoms with Crippen molar-refractivity contribution in [3.05, 3.63) is 42.5 Å². The monoisotopic (exact) mass is 192 g/mol. The normalized spacial score (nSPS) is 9.43. The molecule has 3 N–H and O–H groups in total. The molecule has 0 aliphatic carbocycles. The minimum absolute atomic E-state index is 0.262. The first kappa shape index (κ1) is 10.3. The standard InChI is InChI=1S/C10H12N2O2/c1-2-7-14-12-10(13)8-5-3-4-6-9(8)11/h2-6H,1,7,11H2,(H,12,13). The fraction of sp³-hybridized carbons (Fsp3) is 0.100. The number of nitrogen functional groups attached to an aromatic ring is 1. The predicted molar refractivity (Wildman–Crippen MR) is 54.5 cm³/mol. The van der Waals surface area contributed by atoms with Crippen LogP contribution in [-0.4, -0.2) is 12.5 Å². The molecule has 4 nitrogen and oxygen atoms in total. The van der Waals surface area contributed by atoms with E-state index in [-0.39, 0.29) is 12.5 Å². The van der Waals surface area contributed by atoms with Gasteiger partial charge >= 0.3 is 0 Å². The van der Waals surface area contributed by atoms with Gasteiger partial charge in [-0.1, -0.05) is 18.2 Å². The summed E-state index contributed by atoms with van der Waals surface area (Å²) in [7, 11) is 0. The molecule has 1 rings (SSSR count). The molecule has 0 saturated heterocycles. The highest BCUT2D eigenvalue weighted by Gasteiger charge is 2.07. The van der Waals surface area contributed by atoms with Crippen LogP contribution < -0.4 is 11.2 Å². The number of nitrogens with two attached hydrogens (primary N) is 1. The van der Waals surface area contributed by atoms with E-state index in [4.69, 9.17) is 10.6 Å². The molecule has 0 radical (unpaired) electrons. The first-order valence-corrected chi connectivity index (χ1v) is 4.13. The summed E-state index contributed by atoms with van der Waals surface area (Å²) in [6, 6.07) is 6.78. The van der Waals surface area contributed by atoms with Crippen molar-refractivity contribution in [2.24, 2.45) is 0 Å². The number of benzene rings is 1. The number of anilines is 1. The Balaban J connectivity index is 2.60. The van der Waals surface area contributed by atoms with Crippen molar-refractivity contribution in [1.29, 1.82) is 0 Å². The zero-order chi connectivity index (χ0) is 10.4. The van der Waals surface area contributed by atoms with Gasteiger partial charge in [-0.15, -0.1) is 6.58 Å². The molecule has 0 aliphatic heterocycles. The quantitative estimate of drug-likeness (QED) is 0.325. The van der Waals surface area contributed by atoms with E-state index in [2.05, 4.69) is 12.1 Å². The van der Waals surface area contributed by atoms with Crippen LogP contribution >= 0.6 is 0 Å². The number of carbonyl (C=O) groups excluding carboxylic acids is 1. The highest BCUT2D eigenvalue weighted by Crippen LogP contribution is 2.09. The molecule has 0 heterocycles. The maximum Gasteiger partial charge on any atom is 0.276 e. The van der Waals surface area contributed by atoms with E-state index in [0.717, 1.165) is 0 Å². The van der Waals surface area contributed by atoms with E-state index < -0.39 is 0 Å². The largest absolute Gasteiger partial charge is 0.398 e. The van der Waals surface area contributed by atoms with E-state index >= 15 is 0 Å². The molecule has 1 aromatic carbocycles. The summed E-state index contributed by atoms with van der Waals surface area (Å²) in [5.74, 6) is -0.357. The highest BCUT2D eigenvalue weighted by molar-refractivity contribution is 5.98. The first-order chi connectivity index (χ1) is 6.75. The number of hydrogen-bond acceptors (Lipinski definition) is 3. The molecule has 0 unspecified atom stereocenters. The first-order valence-electron chi connectivity index (χ1n) is 4.13. The van der Waals surface area contributed by atoms with Gasteiger partial charge in [0, 0.05) is 5.69 Å². The van der Waals surface area contributed by atoms with Gasteiger partial charge in [-0.25, -0.2) is 5.48 Å².